The zero-order valence-electron chi connectivity index (χ0n) is 21.2. The predicted molar refractivity (Wildman–Crippen MR) is 127 cm³/mol. The molecule has 4 atom stereocenters. The minimum Gasteiger partial charge on any atom is -0.349 e. The van der Waals surface area contributed by atoms with E-state index in [4.69, 9.17) is 0 Å². The van der Waals surface area contributed by atoms with Crippen molar-refractivity contribution in [3.63, 3.8) is 0 Å². The number of imidazole rings is 1. The number of amides is 2. The van der Waals surface area contributed by atoms with E-state index in [2.05, 4.69) is 20.7 Å². The molecule has 2 heterocycles. The molecule has 0 bridgehead atoms. The molecule has 214 valence electrons. The molecule has 0 radical (unpaired) electrons. The van der Waals surface area contributed by atoms with Gasteiger partial charge in [0, 0.05) is 25.2 Å². The smallest absolute Gasteiger partial charge is 0.349 e. The summed E-state index contributed by atoms with van der Waals surface area (Å²) in [5, 5.41) is 10.0. The largest absolute Gasteiger partial charge is 0.389 e. The number of carbonyl (C=O) groups is 2. The summed E-state index contributed by atoms with van der Waals surface area (Å²) in [7, 11) is 0. The van der Waals surface area contributed by atoms with E-state index in [-0.39, 0.29) is 49.3 Å². The molecular weight excluding hydrogens is 528 g/mol. The SMILES string of the molecule is O=C(CCC(F)(F)F)N[C@@H](c1cnn2cc([C@@H](NC(=O)[C@H]3C[C@@H]3CF)C3CCC(F)(F)CC3)nc2c1)C1CC1. The maximum Gasteiger partial charge on any atom is 0.389 e. The number of fused-ring (bicyclic) bond motifs is 1. The molecule has 0 unspecified atom stereocenters. The molecule has 0 spiro atoms. The van der Waals surface area contributed by atoms with Gasteiger partial charge in [-0.2, -0.15) is 18.3 Å². The maximum absolute atomic E-state index is 13.9. The van der Waals surface area contributed by atoms with Crippen molar-refractivity contribution >= 4 is 17.5 Å². The molecule has 5 rings (SSSR count). The summed E-state index contributed by atoms with van der Waals surface area (Å²) in [5.74, 6) is -4.73. The van der Waals surface area contributed by atoms with Gasteiger partial charge in [-0.3, -0.25) is 14.0 Å². The van der Waals surface area contributed by atoms with Gasteiger partial charge in [0.05, 0.1) is 43.3 Å². The number of rotatable bonds is 10. The molecule has 2 aromatic rings. The second-order valence-corrected chi connectivity index (χ2v) is 11.2. The fourth-order valence-electron chi connectivity index (χ4n) is 5.46. The van der Waals surface area contributed by atoms with Gasteiger partial charge in [0.25, 0.3) is 0 Å². The van der Waals surface area contributed by atoms with Crippen LogP contribution in [0.2, 0.25) is 0 Å². The van der Waals surface area contributed by atoms with E-state index in [9.17, 15) is 35.9 Å². The Bertz CT molecular complexity index is 1200. The lowest BCUT2D eigenvalue weighted by molar-refractivity contribution is -0.144. The van der Waals surface area contributed by atoms with Crippen LogP contribution in [-0.2, 0) is 9.59 Å². The Morgan fingerprint density at radius 1 is 1.08 bits per heavy atom. The van der Waals surface area contributed by atoms with Gasteiger partial charge in [0.1, 0.15) is 0 Å². The molecule has 3 aliphatic carbocycles. The molecule has 13 heteroatoms. The fraction of sp³-hybridized carbons (Fsp3) is 0.692. The van der Waals surface area contributed by atoms with Gasteiger partial charge in [-0.1, -0.05) is 0 Å². The van der Waals surface area contributed by atoms with Gasteiger partial charge in [-0.15, -0.1) is 0 Å². The Morgan fingerprint density at radius 3 is 2.38 bits per heavy atom. The molecule has 2 N–H and O–H groups in total. The molecule has 7 nitrogen and oxygen atoms in total. The van der Waals surface area contributed by atoms with Gasteiger partial charge in [-0.25, -0.2) is 18.3 Å². The van der Waals surface area contributed by atoms with Crippen LogP contribution in [0.5, 0.6) is 0 Å². The second kappa shape index (κ2) is 10.6. The number of alkyl halides is 6. The topological polar surface area (TPSA) is 88.4 Å². The van der Waals surface area contributed by atoms with E-state index in [0.717, 1.165) is 12.8 Å². The molecule has 3 aliphatic rings. The van der Waals surface area contributed by atoms with Crippen molar-refractivity contribution in [2.45, 2.75) is 82.0 Å². The third kappa shape index (κ3) is 6.84. The molecule has 3 fully saturated rings. The first-order chi connectivity index (χ1) is 18.4. The standard InChI is InChI=1S/C26H31F6N5O2/c27-11-16-9-18(16)24(39)36-23(15-3-6-25(28,29)7-4-15)19-13-37-20(34-19)10-17(12-33-37)22(14-1-2-14)35-21(38)5-8-26(30,31)32/h10,12-16,18,22-23H,1-9,11H2,(H,35,38)(H,36,39)/t16-,18+,22-,23+/m1/s1. The monoisotopic (exact) mass is 559 g/mol. The first kappa shape index (κ1) is 27.7. The third-order valence-electron chi connectivity index (χ3n) is 8.07. The normalized spacial score (nSPS) is 24.8. The molecule has 0 aliphatic heterocycles. The van der Waals surface area contributed by atoms with E-state index in [1.54, 1.807) is 12.3 Å². The number of halogens is 6. The number of hydrogen-bond acceptors (Lipinski definition) is 4. The molecule has 2 aromatic heterocycles. The zero-order chi connectivity index (χ0) is 27.9. The minimum atomic E-state index is -4.42. The Balaban J connectivity index is 1.36. The first-order valence-electron chi connectivity index (χ1n) is 13.4. The average molecular weight is 560 g/mol. The summed E-state index contributed by atoms with van der Waals surface area (Å²) in [6.07, 6.45) is -1.29. The van der Waals surface area contributed by atoms with Crippen LogP contribution < -0.4 is 10.6 Å². The molecule has 0 saturated heterocycles. The van der Waals surface area contributed by atoms with E-state index in [0.29, 0.717) is 23.3 Å². The fourth-order valence-corrected chi connectivity index (χ4v) is 5.46. The van der Waals surface area contributed by atoms with Crippen LogP contribution >= 0.6 is 0 Å². The quantitative estimate of drug-likeness (QED) is 0.391. The predicted octanol–water partition coefficient (Wildman–Crippen LogP) is 5.23. The third-order valence-corrected chi connectivity index (χ3v) is 8.07. The van der Waals surface area contributed by atoms with Crippen LogP contribution in [0.25, 0.3) is 5.65 Å². The van der Waals surface area contributed by atoms with Gasteiger partial charge in [0.15, 0.2) is 5.65 Å². The minimum absolute atomic E-state index is 0.0801. The molecule has 3 saturated carbocycles. The van der Waals surface area contributed by atoms with E-state index >= 15 is 0 Å². The number of nitrogens with one attached hydrogen (secondary N) is 2. The molecule has 0 aromatic carbocycles. The highest BCUT2D eigenvalue weighted by Crippen LogP contribution is 2.44. The molecule has 2 amide bonds. The number of carbonyl (C=O) groups excluding carboxylic acids is 2. The second-order valence-electron chi connectivity index (χ2n) is 11.2. The lowest BCUT2D eigenvalue weighted by Gasteiger charge is -2.33. The highest BCUT2D eigenvalue weighted by Gasteiger charge is 2.45. The Hall–Kier alpha value is -2.86. The van der Waals surface area contributed by atoms with Crippen LogP contribution in [0, 0.1) is 23.7 Å². The van der Waals surface area contributed by atoms with E-state index < -0.39 is 55.5 Å². The first-order valence-corrected chi connectivity index (χ1v) is 13.4. The van der Waals surface area contributed by atoms with Crippen LogP contribution in [0.4, 0.5) is 26.3 Å². The molecule has 39 heavy (non-hydrogen) atoms. The van der Waals surface area contributed by atoms with Gasteiger partial charge in [0.2, 0.25) is 17.7 Å². The summed E-state index contributed by atoms with van der Waals surface area (Å²) < 4.78 is 79.8. The number of hydrogen-bond donors (Lipinski definition) is 2. The summed E-state index contributed by atoms with van der Waals surface area (Å²) in [4.78, 5) is 29.7. The number of aromatic nitrogens is 3. The van der Waals surface area contributed by atoms with Crippen molar-refractivity contribution in [1.82, 2.24) is 25.2 Å². The number of nitrogens with zero attached hydrogens (tertiary/aromatic N) is 3. The van der Waals surface area contributed by atoms with Crippen LogP contribution in [-0.4, -0.2) is 45.2 Å². The van der Waals surface area contributed by atoms with Crippen LogP contribution in [0.15, 0.2) is 18.5 Å². The van der Waals surface area contributed by atoms with Gasteiger partial charge < -0.3 is 10.6 Å². The summed E-state index contributed by atoms with van der Waals surface area (Å²) in [6, 6.07) is 0.533. The van der Waals surface area contributed by atoms with Crippen molar-refractivity contribution in [3.8, 4) is 0 Å². The summed E-state index contributed by atoms with van der Waals surface area (Å²) in [6.45, 7) is -0.589. The lowest BCUT2D eigenvalue weighted by atomic mass is 9.81. The Morgan fingerprint density at radius 2 is 1.77 bits per heavy atom. The highest BCUT2D eigenvalue weighted by molar-refractivity contribution is 5.82. The highest BCUT2D eigenvalue weighted by atomic mass is 19.4. The van der Waals surface area contributed by atoms with Crippen molar-refractivity contribution in [1.29, 1.82) is 0 Å². The van der Waals surface area contributed by atoms with Crippen molar-refractivity contribution in [2.75, 3.05) is 6.67 Å². The van der Waals surface area contributed by atoms with E-state index in [1.807, 2.05) is 0 Å². The zero-order valence-corrected chi connectivity index (χ0v) is 21.2. The lowest BCUT2D eigenvalue weighted by Crippen LogP contribution is -2.38. The van der Waals surface area contributed by atoms with Gasteiger partial charge >= 0.3 is 6.18 Å². The summed E-state index contributed by atoms with van der Waals surface area (Å²) >= 11 is 0. The van der Waals surface area contributed by atoms with Crippen LogP contribution in [0.3, 0.4) is 0 Å². The van der Waals surface area contributed by atoms with Gasteiger partial charge in [-0.05, 0) is 61.5 Å². The van der Waals surface area contributed by atoms with Crippen molar-refractivity contribution in [3.05, 3.63) is 29.7 Å². The Labute approximate surface area is 221 Å². The average Bonchev–Trinajstić information content (AvgIpc) is 3.80. The van der Waals surface area contributed by atoms with Crippen molar-refractivity contribution < 1.29 is 35.9 Å². The summed E-state index contributed by atoms with van der Waals surface area (Å²) in [5.41, 5.74) is 1.44. The molecular formula is C26H31F6N5O2. The van der Waals surface area contributed by atoms with E-state index in [1.165, 1.54) is 10.7 Å². The van der Waals surface area contributed by atoms with Crippen molar-refractivity contribution in [2.24, 2.45) is 23.7 Å². The van der Waals surface area contributed by atoms with Crippen LogP contribution in [0.1, 0.15) is 81.1 Å². The maximum atomic E-state index is 13.9. The Kier molecular flexibility index (Phi) is 7.53.